The fourth-order valence-corrected chi connectivity index (χ4v) is 10.5. The van der Waals surface area contributed by atoms with E-state index in [9.17, 15) is 14.4 Å². The van der Waals surface area contributed by atoms with Crippen LogP contribution in [0.25, 0.3) is 11.6 Å². The van der Waals surface area contributed by atoms with Crippen LogP contribution in [0, 0.1) is 30.6 Å². The lowest BCUT2D eigenvalue weighted by Gasteiger charge is -2.38. The minimum absolute atomic E-state index is 0.0111. The number of thiol groups is 1. The van der Waals surface area contributed by atoms with E-state index in [4.69, 9.17) is 22.1 Å². The largest absolute Gasteiger partial charge is 0.377 e. The van der Waals surface area contributed by atoms with E-state index in [1.807, 2.05) is 86.0 Å². The summed E-state index contributed by atoms with van der Waals surface area (Å²) in [6.45, 7) is 44.2. The number of nitrogens with two attached hydrogens (primary N) is 1. The Labute approximate surface area is 487 Å². The van der Waals surface area contributed by atoms with Crippen molar-refractivity contribution in [2.45, 2.75) is 194 Å². The van der Waals surface area contributed by atoms with Crippen molar-refractivity contribution in [1.82, 2.24) is 24.4 Å². The van der Waals surface area contributed by atoms with E-state index >= 15 is 0 Å². The van der Waals surface area contributed by atoms with Crippen LogP contribution in [0.5, 0.6) is 0 Å². The van der Waals surface area contributed by atoms with E-state index in [1.54, 1.807) is 18.3 Å². The van der Waals surface area contributed by atoms with Crippen molar-refractivity contribution in [3.05, 3.63) is 99.2 Å². The van der Waals surface area contributed by atoms with Gasteiger partial charge in [0.05, 0.1) is 12.2 Å². The van der Waals surface area contributed by atoms with Crippen LogP contribution in [-0.2, 0) is 19.1 Å². The highest BCUT2D eigenvalue weighted by atomic mass is 35.5. The van der Waals surface area contributed by atoms with Crippen LogP contribution >= 0.6 is 24.4 Å². The SMILES string of the molecule is C/C(=C(\Cl)CN)C(C)C1CCC(=O)CNC1=O.C=C1/C=C\C(c2ccnc(C)c2/C=C(\C)C(C)N2CCC(C3=CC=C(C(C)=O)CC3)CC2)=C/N(S)C(COC)=N1.CC.CC.CC.CCCC(CCC)CN(CCC)CCC. The molecule has 3 atom stereocenters. The molecule has 78 heavy (non-hydrogen) atoms. The zero-order chi connectivity index (χ0) is 59.3. The third-order valence-electron chi connectivity index (χ3n) is 14.7. The van der Waals surface area contributed by atoms with E-state index in [1.165, 1.54) is 69.3 Å². The number of rotatable bonds is 21. The number of pyridine rings is 1. The number of carbonyl (C=O) groups is 3. The summed E-state index contributed by atoms with van der Waals surface area (Å²) in [4.78, 5) is 49.2. The van der Waals surface area contributed by atoms with Crippen molar-refractivity contribution < 1.29 is 19.1 Å². The summed E-state index contributed by atoms with van der Waals surface area (Å²) in [5, 5.41) is 3.25. The zero-order valence-electron chi connectivity index (χ0n) is 52.1. The lowest BCUT2D eigenvalue weighted by Crippen LogP contribution is -2.41. The van der Waals surface area contributed by atoms with Gasteiger partial charge >= 0.3 is 0 Å². The molecule has 2 fully saturated rings. The third kappa shape index (κ3) is 26.1. The molecule has 0 bridgehead atoms. The first-order valence-corrected chi connectivity index (χ1v) is 30.7. The van der Waals surface area contributed by atoms with Gasteiger partial charge in [-0.25, -0.2) is 4.99 Å². The highest BCUT2D eigenvalue weighted by Gasteiger charge is 2.31. The predicted octanol–water partition coefficient (Wildman–Crippen LogP) is 15.3. The maximum atomic E-state index is 11.9. The van der Waals surface area contributed by atoms with Gasteiger partial charge in [-0.1, -0.05) is 161 Å². The van der Waals surface area contributed by atoms with Crippen LogP contribution in [0.4, 0.5) is 0 Å². The number of amidine groups is 1. The van der Waals surface area contributed by atoms with Crippen LogP contribution in [-0.4, -0.2) is 108 Å². The molecule has 0 radical (unpaired) electrons. The highest BCUT2D eigenvalue weighted by molar-refractivity contribution is 7.78. The minimum atomic E-state index is -0.193. The number of aromatic nitrogens is 1. The Bertz CT molecular complexity index is 2140. The molecular formula is C65H110ClN7O4S. The Morgan fingerprint density at radius 3 is 2.08 bits per heavy atom. The summed E-state index contributed by atoms with van der Waals surface area (Å²) in [7, 11) is 1.64. The quantitative estimate of drug-likeness (QED) is 0.103. The first-order chi connectivity index (χ1) is 37.4. The number of methoxy groups -OCH3 is 1. The van der Waals surface area contributed by atoms with E-state index in [-0.39, 0.29) is 42.4 Å². The summed E-state index contributed by atoms with van der Waals surface area (Å²) in [5.41, 5.74) is 15.0. The molecule has 0 spiro atoms. The number of Topliss-reactive ketones (excluding diaryl/α,β-unsaturated/α-hetero) is 2. The molecule has 1 aromatic rings. The number of piperidine rings is 1. The Balaban J connectivity index is 0.00000129. The summed E-state index contributed by atoms with van der Waals surface area (Å²) in [5.74, 6) is 2.27. The molecule has 3 aliphatic heterocycles. The van der Waals surface area contributed by atoms with E-state index in [0.29, 0.717) is 48.0 Å². The van der Waals surface area contributed by atoms with Gasteiger partial charge in [0, 0.05) is 67.3 Å². The third-order valence-corrected chi connectivity index (χ3v) is 15.5. The number of aliphatic imine (C=N–C) groups is 1. The van der Waals surface area contributed by atoms with Crippen molar-refractivity contribution in [2.75, 3.05) is 59.5 Å². The number of allylic oxidation sites excluding steroid dienone is 8. The monoisotopic (exact) mass is 1120 g/mol. The maximum absolute atomic E-state index is 11.9. The Kier molecular flexibility index (Phi) is 40.8. The summed E-state index contributed by atoms with van der Waals surface area (Å²) in [6, 6.07) is 2.38. The highest BCUT2D eigenvalue weighted by Crippen LogP contribution is 2.34. The van der Waals surface area contributed by atoms with Crippen LogP contribution in [0.2, 0.25) is 0 Å². The average Bonchev–Trinajstić information content (AvgIpc) is 3.63. The number of nitrogens with zero attached hydrogens (tertiary/aromatic N) is 5. The first-order valence-electron chi connectivity index (χ1n) is 29.9. The molecule has 3 N–H and O–H groups in total. The smallest absolute Gasteiger partial charge is 0.224 e. The van der Waals surface area contributed by atoms with E-state index < -0.39 is 0 Å². The van der Waals surface area contributed by atoms with Crippen LogP contribution in [0.3, 0.4) is 0 Å². The standard InChI is InChI=1S/C33H42N4O2S.C14H31N.C12H19ClN2O2.3C2H6/c1-22(25(4)36-17-14-29(15-18-36)28-11-9-27(10-12-28)26(5)38)19-32-24(3)34-16-13-31(32)30-8-7-23(2)35-33(21-39-6)37(40)20-30;1-5-9-14(10-6-2)13-15(11-7-3)12-8-4;1-7(8(2)11(13)5-14)10-4-3-9(16)6-15-12(10)17;3*1-2/h7-9,11,13,16,19-20,25,29,40H,2,10,12,14-15,17-18,21H2,1,3-6H3;14H,5-13H2,1-4H3;7,10H,3-6,14H2,1-2H3,(H,15,17);3*1-2H3/b8-7-,22-19+,30-20+,35-33?;;11-8+;;;. The normalized spacial score (nSPS) is 19.4. The van der Waals surface area contributed by atoms with Crippen molar-refractivity contribution >= 4 is 59.4 Å². The Morgan fingerprint density at radius 1 is 0.936 bits per heavy atom. The number of carbonyl (C=O) groups excluding carboxylic acids is 3. The van der Waals surface area contributed by atoms with E-state index in [2.05, 4.69) is 111 Å². The topological polar surface area (TPSA) is 133 Å². The van der Waals surface area contributed by atoms with Gasteiger partial charge in [-0.3, -0.25) is 28.6 Å². The van der Waals surface area contributed by atoms with Crippen LogP contribution in [0.1, 0.15) is 198 Å². The number of ketones is 2. The summed E-state index contributed by atoms with van der Waals surface area (Å²) >= 11 is 10.7. The summed E-state index contributed by atoms with van der Waals surface area (Å²) in [6.07, 6.45) is 27.7. The number of ether oxygens (including phenoxy) is 1. The number of hydrogen-bond donors (Lipinski definition) is 3. The second kappa shape index (κ2) is 42.9. The molecule has 4 heterocycles. The van der Waals surface area contributed by atoms with Crippen molar-refractivity contribution in [3.63, 3.8) is 0 Å². The lowest BCUT2D eigenvalue weighted by atomic mass is 9.82. The fourth-order valence-electron chi connectivity index (χ4n) is 10.1. The molecule has 3 unspecified atom stereocenters. The Hall–Kier alpha value is -3.91. The van der Waals surface area contributed by atoms with Gasteiger partial charge in [0.25, 0.3) is 0 Å². The van der Waals surface area contributed by atoms with Crippen molar-refractivity contribution in [3.8, 4) is 0 Å². The molecule has 2 saturated heterocycles. The maximum Gasteiger partial charge on any atom is 0.224 e. The van der Waals surface area contributed by atoms with Crippen molar-refractivity contribution in [1.29, 1.82) is 0 Å². The van der Waals surface area contributed by atoms with E-state index in [0.717, 1.165) is 78.2 Å². The fraction of sp³-hybridized carbons (Fsp3) is 0.646. The van der Waals surface area contributed by atoms with Gasteiger partial charge in [-0.05, 0) is 165 Å². The number of hydrogen-bond acceptors (Lipinski definition) is 11. The number of amides is 1. The molecule has 442 valence electrons. The number of halogens is 1. The minimum Gasteiger partial charge on any atom is -0.377 e. The molecule has 4 aliphatic rings. The molecule has 1 aromatic heterocycles. The lowest BCUT2D eigenvalue weighted by molar-refractivity contribution is -0.126. The molecule has 1 amide bonds. The molecule has 0 saturated carbocycles. The molecular weight excluding hydrogens is 1010 g/mol. The number of aryl methyl sites for hydroxylation is 1. The van der Waals surface area contributed by atoms with Gasteiger partial charge < -0.3 is 20.7 Å². The molecule has 11 nitrogen and oxygen atoms in total. The van der Waals surface area contributed by atoms with Crippen molar-refractivity contribution in [2.24, 2.45) is 34.4 Å². The van der Waals surface area contributed by atoms with Gasteiger partial charge in [-0.15, -0.1) is 0 Å². The molecule has 5 rings (SSSR count). The summed E-state index contributed by atoms with van der Waals surface area (Å²) < 4.78 is 7.02. The number of nitrogens with one attached hydrogen (secondary N) is 1. The Morgan fingerprint density at radius 2 is 1.55 bits per heavy atom. The molecule has 0 aromatic carbocycles. The zero-order valence-corrected chi connectivity index (χ0v) is 53.8. The number of likely N-dealkylation sites (tertiary alicyclic amines) is 1. The molecule has 13 heteroatoms. The average molecular weight is 1120 g/mol. The van der Waals surface area contributed by atoms with Crippen LogP contribution < -0.4 is 11.1 Å². The van der Waals surface area contributed by atoms with Gasteiger partial charge in [-0.2, -0.15) is 0 Å². The van der Waals surface area contributed by atoms with Gasteiger partial charge in [0.2, 0.25) is 5.91 Å². The van der Waals surface area contributed by atoms with Gasteiger partial charge in [0.15, 0.2) is 11.6 Å². The van der Waals surface area contributed by atoms with Crippen LogP contribution in [0.15, 0.2) is 87.4 Å². The predicted molar refractivity (Wildman–Crippen MR) is 341 cm³/mol. The second-order valence-electron chi connectivity index (χ2n) is 20.2. The molecule has 1 aliphatic carbocycles. The van der Waals surface area contributed by atoms with Gasteiger partial charge in [0.1, 0.15) is 12.4 Å². The first kappa shape index (κ1) is 74.1. The second-order valence-corrected chi connectivity index (χ2v) is 21.1.